The van der Waals surface area contributed by atoms with E-state index in [0.29, 0.717) is 44.6 Å². The van der Waals surface area contributed by atoms with Gasteiger partial charge in [-0.2, -0.15) is 0 Å². The Morgan fingerprint density at radius 2 is 1.97 bits per heavy atom. The third kappa shape index (κ3) is 4.19. The summed E-state index contributed by atoms with van der Waals surface area (Å²) in [5.41, 5.74) is 1.83. The number of piperidine rings is 1. The fourth-order valence-electron chi connectivity index (χ4n) is 4.37. The third-order valence-electron chi connectivity index (χ3n) is 5.61. The summed E-state index contributed by atoms with van der Waals surface area (Å²) in [6, 6.07) is 3.82. The molecule has 0 saturated carbocycles. The van der Waals surface area contributed by atoms with Crippen LogP contribution >= 0.6 is 24.0 Å². The van der Waals surface area contributed by atoms with E-state index in [-0.39, 0.29) is 11.5 Å². The highest BCUT2D eigenvalue weighted by Gasteiger charge is 2.33. The van der Waals surface area contributed by atoms with Crippen LogP contribution in [0.15, 0.2) is 40.7 Å². The van der Waals surface area contributed by atoms with Gasteiger partial charge in [0.25, 0.3) is 11.5 Å². The summed E-state index contributed by atoms with van der Waals surface area (Å²) in [6.07, 6.45) is 6.25. The SMILES string of the molecule is C=CCN1C(=O)/C(=C\c2c(N3CC(C)CC(C)C3)nc3ccc(C)cn3c2=O)SC1=S. The zero-order valence-electron chi connectivity index (χ0n) is 18.0. The fourth-order valence-corrected chi connectivity index (χ4v) is 5.62. The molecule has 0 aromatic carbocycles. The largest absolute Gasteiger partial charge is 0.355 e. The molecule has 2 aliphatic heterocycles. The number of thiocarbonyl (C=S) groups is 1. The predicted molar refractivity (Wildman–Crippen MR) is 131 cm³/mol. The van der Waals surface area contributed by atoms with Gasteiger partial charge in [0.15, 0.2) is 0 Å². The highest BCUT2D eigenvalue weighted by atomic mass is 32.2. The number of pyridine rings is 1. The van der Waals surface area contributed by atoms with Gasteiger partial charge in [-0.05, 0) is 42.9 Å². The molecule has 162 valence electrons. The van der Waals surface area contributed by atoms with E-state index < -0.39 is 0 Å². The maximum atomic E-state index is 13.6. The number of hydrogen-bond acceptors (Lipinski definition) is 6. The lowest BCUT2D eigenvalue weighted by atomic mass is 9.91. The molecule has 0 N–H and O–H groups in total. The third-order valence-corrected chi connectivity index (χ3v) is 6.99. The summed E-state index contributed by atoms with van der Waals surface area (Å²) in [5, 5.41) is 0. The van der Waals surface area contributed by atoms with Crippen LogP contribution in [-0.2, 0) is 4.79 Å². The topological polar surface area (TPSA) is 57.9 Å². The van der Waals surface area contributed by atoms with Crippen molar-refractivity contribution in [2.24, 2.45) is 11.8 Å². The Morgan fingerprint density at radius 1 is 1.26 bits per heavy atom. The zero-order chi connectivity index (χ0) is 22.3. The first kappa shape index (κ1) is 21.8. The van der Waals surface area contributed by atoms with Crippen LogP contribution in [0.4, 0.5) is 5.82 Å². The lowest BCUT2D eigenvalue weighted by Gasteiger charge is -2.36. The van der Waals surface area contributed by atoms with Crippen molar-refractivity contribution in [3.8, 4) is 0 Å². The molecule has 6 nitrogen and oxygen atoms in total. The van der Waals surface area contributed by atoms with E-state index in [1.54, 1.807) is 22.7 Å². The number of aromatic nitrogens is 2. The van der Waals surface area contributed by atoms with E-state index in [1.165, 1.54) is 16.7 Å². The van der Waals surface area contributed by atoms with Crippen molar-refractivity contribution >= 4 is 51.7 Å². The van der Waals surface area contributed by atoms with Gasteiger partial charge < -0.3 is 4.90 Å². The molecule has 0 bridgehead atoms. The number of carbonyl (C=O) groups is 1. The number of nitrogens with zero attached hydrogens (tertiary/aromatic N) is 4. The maximum Gasteiger partial charge on any atom is 0.267 e. The quantitative estimate of drug-likeness (QED) is 0.397. The van der Waals surface area contributed by atoms with E-state index in [4.69, 9.17) is 17.2 Å². The molecule has 2 atom stereocenters. The molecule has 2 aromatic heterocycles. The molecule has 2 unspecified atom stereocenters. The molecule has 1 amide bonds. The summed E-state index contributed by atoms with van der Waals surface area (Å²) >= 11 is 6.58. The highest BCUT2D eigenvalue weighted by Crippen LogP contribution is 2.34. The van der Waals surface area contributed by atoms with E-state index in [9.17, 15) is 9.59 Å². The molecule has 2 aromatic rings. The number of anilines is 1. The number of hydrogen-bond donors (Lipinski definition) is 0. The smallest absolute Gasteiger partial charge is 0.267 e. The standard InChI is InChI=1S/C23H26N4O2S2/c1-5-8-26-22(29)18(31-23(26)30)10-17-20(25-11-15(3)9-16(4)12-25)24-19-7-6-14(2)13-27(19)21(17)28/h5-7,10,13,15-16H,1,8-9,11-12H2,2-4H3/b18-10+. The second-order valence-corrected chi connectivity index (χ2v) is 10.2. The Labute approximate surface area is 191 Å². The van der Waals surface area contributed by atoms with Crippen LogP contribution in [0.2, 0.25) is 0 Å². The Hall–Kier alpha value is -2.45. The number of aryl methyl sites for hydroxylation is 1. The first-order valence-corrected chi connectivity index (χ1v) is 11.6. The van der Waals surface area contributed by atoms with Crippen LogP contribution in [0, 0.1) is 18.8 Å². The molecular formula is C23H26N4O2S2. The van der Waals surface area contributed by atoms with Gasteiger partial charge in [0.2, 0.25) is 0 Å². The fraction of sp³-hybridized carbons (Fsp3) is 0.391. The van der Waals surface area contributed by atoms with Crippen LogP contribution in [0.1, 0.15) is 31.4 Å². The zero-order valence-corrected chi connectivity index (χ0v) is 19.6. The number of carbonyl (C=O) groups excluding carboxylic acids is 1. The lowest BCUT2D eigenvalue weighted by Crippen LogP contribution is -2.40. The van der Waals surface area contributed by atoms with Gasteiger partial charge in [0.1, 0.15) is 15.8 Å². The number of thioether (sulfide) groups is 1. The molecule has 4 rings (SSSR count). The Balaban J connectivity index is 1.89. The van der Waals surface area contributed by atoms with Crippen LogP contribution in [0.5, 0.6) is 0 Å². The minimum Gasteiger partial charge on any atom is -0.355 e. The minimum atomic E-state index is -0.199. The van der Waals surface area contributed by atoms with Gasteiger partial charge in [0, 0.05) is 25.8 Å². The van der Waals surface area contributed by atoms with Crippen molar-refractivity contribution < 1.29 is 4.79 Å². The van der Waals surface area contributed by atoms with Crippen molar-refractivity contribution in [1.29, 1.82) is 0 Å². The second-order valence-electron chi connectivity index (χ2n) is 8.52. The normalized spacial score (nSPS) is 23.3. The molecule has 31 heavy (non-hydrogen) atoms. The average Bonchev–Trinajstić information content (AvgIpc) is 2.97. The molecule has 2 aliphatic rings. The Kier molecular flexibility index (Phi) is 6.03. The summed E-state index contributed by atoms with van der Waals surface area (Å²) in [7, 11) is 0. The van der Waals surface area contributed by atoms with Gasteiger partial charge in [-0.25, -0.2) is 4.98 Å². The van der Waals surface area contributed by atoms with Crippen LogP contribution in [0.3, 0.4) is 0 Å². The van der Waals surface area contributed by atoms with Crippen molar-refractivity contribution in [3.05, 3.63) is 57.4 Å². The number of amides is 1. The maximum absolute atomic E-state index is 13.6. The van der Waals surface area contributed by atoms with Crippen LogP contribution < -0.4 is 10.5 Å². The number of fused-ring (bicyclic) bond motifs is 1. The average molecular weight is 455 g/mol. The summed E-state index contributed by atoms with van der Waals surface area (Å²) in [6.45, 7) is 12.1. The molecule has 0 radical (unpaired) electrons. The second kappa shape index (κ2) is 8.59. The lowest BCUT2D eigenvalue weighted by molar-refractivity contribution is -0.121. The summed E-state index contributed by atoms with van der Waals surface area (Å²) in [4.78, 5) is 35.5. The van der Waals surface area contributed by atoms with Gasteiger partial charge in [-0.3, -0.25) is 18.9 Å². The van der Waals surface area contributed by atoms with Crippen LogP contribution in [0.25, 0.3) is 11.7 Å². The van der Waals surface area contributed by atoms with E-state index in [0.717, 1.165) is 25.1 Å². The first-order chi connectivity index (χ1) is 14.8. The summed E-state index contributed by atoms with van der Waals surface area (Å²) < 4.78 is 2.04. The molecule has 0 aliphatic carbocycles. The molecular weight excluding hydrogens is 428 g/mol. The summed E-state index contributed by atoms with van der Waals surface area (Å²) in [5.74, 6) is 1.44. The molecule has 8 heteroatoms. The van der Waals surface area contributed by atoms with Gasteiger partial charge in [-0.15, -0.1) is 6.58 Å². The highest BCUT2D eigenvalue weighted by molar-refractivity contribution is 8.26. The van der Waals surface area contributed by atoms with Crippen molar-refractivity contribution in [2.45, 2.75) is 27.2 Å². The van der Waals surface area contributed by atoms with Gasteiger partial charge in [-0.1, -0.05) is 50.0 Å². The molecule has 4 heterocycles. The van der Waals surface area contributed by atoms with E-state index in [2.05, 4.69) is 25.3 Å². The predicted octanol–water partition coefficient (Wildman–Crippen LogP) is 3.87. The minimum absolute atomic E-state index is 0.177. The Morgan fingerprint density at radius 3 is 2.65 bits per heavy atom. The van der Waals surface area contributed by atoms with Crippen LogP contribution in [-0.4, -0.2) is 44.1 Å². The molecule has 0 spiro atoms. The Bertz CT molecular complexity index is 1160. The number of rotatable bonds is 4. The first-order valence-electron chi connectivity index (χ1n) is 10.4. The molecule has 2 fully saturated rings. The van der Waals surface area contributed by atoms with Crippen molar-refractivity contribution in [3.63, 3.8) is 0 Å². The van der Waals surface area contributed by atoms with Crippen molar-refractivity contribution in [2.75, 3.05) is 24.5 Å². The monoisotopic (exact) mass is 454 g/mol. The van der Waals surface area contributed by atoms with E-state index >= 15 is 0 Å². The molecule has 2 saturated heterocycles. The van der Waals surface area contributed by atoms with E-state index in [1.807, 2.05) is 19.1 Å². The van der Waals surface area contributed by atoms with Gasteiger partial charge in [0.05, 0.1) is 10.5 Å². The van der Waals surface area contributed by atoms with Crippen molar-refractivity contribution in [1.82, 2.24) is 14.3 Å². The van der Waals surface area contributed by atoms with Gasteiger partial charge >= 0.3 is 0 Å².